The molecule has 0 amide bonds. The molecule has 0 aliphatic heterocycles. The molecule has 0 aliphatic carbocycles. The molecule has 0 aromatic heterocycles. The predicted octanol–water partition coefficient (Wildman–Crippen LogP) is 6.65. The van der Waals surface area contributed by atoms with Crippen molar-refractivity contribution in [2.24, 2.45) is 5.92 Å². The van der Waals surface area contributed by atoms with Gasteiger partial charge in [-0.2, -0.15) is 0 Å². The lowest BCUT2D eigenvalue weighted by molar-refractivity contribution is -0.120. The molecule has 0 rings (SSSR count). The highest BCUT2D eigenvalue weighted by atomic mass is 16.1. The van der Waals surface area contributed by atoms with Crippen molar-refractivity contribution < 1.29 is 9.59 Å². The first-order valence-corrected chi connectivity index (χ1v) is 10.2. The summed E-state index contributed by atoms with van der Waals surface area (Å²) >= 11 is 0. The number of hydrogen-bond acceptors (Lipinski definition) is 2. The molecule has 0 heterocycles. The summed E-state index contributed by atoms with van der Waals surface area (Å²) in [4.78, 5) is 22.8. The smallest absolute Gasteiger partial charge is 0.133 e. The van der Waals surface area contributed by atoms with Crippen LogP contribution in [0.3, 0.4) is 0 Å². The van der Waals surface area contributed by atoms with Crippen molar-refractivity contribution in [2.75, 3.05) is 0 Å². The van der Waals surface area contributed by atoms with Gasteiger partial charge >= 0.3 is 0 Å². The summed E-state index contributed by atoms with van der Waals surface area (Å²) in [5.74, 6) is 0.666. The number of Topliss-reactive ketones (excluding diaryl/α,β-unsaturated/α-hetero) is 1. The van der Waals surface area contributed by atoms with Crippen LogP contribution in [0.5, 0.6) is 0 Å². The summed E-state index contributed by atoms with van der Waals surface area (Å²) in [6.07, 6.45) is 19.1. The summed E-state index contributed by atoms with van der Waals surface area (Å²) in [6, 6.07) is 0. The molecule has 0 spiro atoms. The zero-order valence-electron chi connectivity index (χ0n) is 15.8. The summed E-state index contributed by atoms with van der Waals surface area (Å²) in [5.41, 5.74) is 0. The third-order valence-corrected chi connectivity index (χ3v) is 4.72. The molecule has 0 bridgehead atoms. The largest absolute Gasteiger partial charge is 0.303 e. The first-order chi connectivity index (χ1) is 11.2. The zero-order valence-corrected chi connectivity index (χ0v) is 15.8. The van der Waals surface area contributed by atoms with E-state index in [0.717, 1.165) is 19.1 Å². The molecule has 0 aromatic carbocycles. The van der Waals surface area contributed by atoms with Gasteiger partial charge in [-0.25, -0.2) is 0 Å². The Bertz CT molecular complexity index is 273. The van der Waals surface area contributed by atoms with Gasteiger partial charge in [0.15, 0.2) is 0 Å². The molecule has 0 saturated carbocycles. The van der Waals surface area contributed by atoms with Crippen molar-refractivity contribution in [1.82, 2.24) is 0 Å². The molecule has 0 N–H and O–H groups in total. The van der Waals surface area contributed by atoms with E-state index in [1.807, 2.05) is 0 Å². The maximum Gasteiger partial charge on any atom is 0.133 e. The Kier molecular flexibility index (Phi) is 17.2. The van der Waals surface area contributed by atoms with Crippen LogP contribution in [0.4, 0.5) is 0 Å². The van der Waals surface area contributed by atoms with Gasteiger partial charge in [0.25, 0.3) is 0 Å². The second-order valence-corrected chi connectivity index (χ2v) is 7.09. The molecule has 1 atom stereocenters. The molecule has 0 aliphatic rings. The van der Waals surface area contributed by atoms with E-state index < -0.39 is 0 Å². The Balaban J connectivity index is 3.68. The van der Waals surface area contributed by atoms with Crippen LogP contribution >= 0.6 is 0 Å². The van der Waals surface area contributed by atoms with Gasteiger partial charge in [-0.1, -0.05) is 84.5 Å². The molecule has 136 valence electrons. The minimum atomic E-state index is 0.297. The molecule has 0 radical (unpaired) electrons. The number of carbonyl (C=O) groups excluding carboxylic acids is 2. The third-order valence-electron chi connectivity index (χ3n) is 4.72. The number of ketones is 1. The van der Waals surface area contributed by atoms with Gasteiger partial charge in [0.1, 0.15) is 12.1 Å². The van der Waals surface area contributed by atoms with Crippen molar-refractivity contribution in [1.29, 1.82) is 0 Å². The van der Waals surface area contributed by atoms with E-state index in [4.69, 9.17) is 0 Å². The summed E-state index contributed by atoms with van der Waals surface area (Å²) in [5, 5.41) is 0. The molecule has 0 aromatic rings. The molecule has 0 saturated heterocycles. The highest BCUT2D eigenvalue weighted by Gasteiger charge is 2.13. The van der Waals surface area contributed by atoms with Gasteiger partial charge in [-0.05, 0) is 18.8 Å². The predicted molar refractivity (Wildman–Crippen MR) is 99.8 cm³/mol. The van der Waals surface area contributed by atoms with Crippen molar-refractivity contribution >= 4 is 12.1 Å². The lowest BCUT2D eigenvalue weighted by atomic mass is 9.91. The highest BCUT2D eigenvalue weighted by Crippen LogP contribution is 2.20. The fraction of sp³-hybridized carbons (Fsp3) is 0.905. The van der Waals surface area contributed by atoms with E-state index in [0.29, 0.717) is 31.0 Å². The highest BCUT2D eigenvalue weighted by molar-refractivity contribution is 5.78. The third kappa shape index (κ3) is 16.0. The fourth-order valence-electron chi connectivity index (χ4n) is 3.18. The summed E-state index contributed by atoms with van der Waals surface area (Å²) < 4.78 is 0. The molecular formula is C21H40O2. The quantitative estimate of drug-likeness (QED) is 0.209. The van der Waals surface area contributed by atoms with Crippen LogP contribution in [-0.4, -0.2) is 12.1 Å². The first kappa shape index (κ1) is 22.3. The summed E-state index contributed by atoms with van der Waals surface area (Å²) in [6.45, 7) is 4.43. The second-order valence-electron chi connectivity index (χ2n) is 7.09. The van der Waals surface area contributed by atoms with E-state index in [9.17, 15) is 9.59 Å². The van der Waals surface area contributed by atoms with E-state index in [2.05, 4.69) is 13.8 Å². The van der Waals surface area contributed by atoms with Gasteiger partial charge in [-0.15, -0.1) is 0 Å². The van der Waals surface area contributed by atoms with Gasteiger partial charge in [-0.3, -0.25) is 4.79 Å². The van der Waals surface area contributed by atoms with E-state index in [-0.39, 0.29) is 0 Å². The Labute approximate surface area is 144 Å². The van der Waals surface area contributed by atoms with Crippen LogP contribution in [-0.2, 0) is 9.59 Å². The number of carbonyl (C=O) groups is 2. The Morgan fingerprint density at radius 3 is 1.87 bits per heavy atom. The molecule has 1 unspecified atom stereocenters. The average molecular weight is 325 g/mol. The van der Waals surface area contributed by atoms with Crippen molar-refractivity contribution in [2.45, 2.75) is 117 Å². The maximum absolute atomic E-state index is 12.0. The normalized spacial score (nSPS) is 12.3. The van der Waals surface area contributed by atoms with E-state index in [1.54, 1.807) is 0 Å². The van der Waals surface area contributed by atoms with Gasteiger partial charge in [0.2, 0.25) is 0 Å². The van der Waals surface area contributed by atoms with Crippen LogP contribution < -0.4 is 0 Å². The maximum atomic E-state index is 12.0. The Hall–Kier alpha value is -0.660. The van der Waals surface area contributed by atoms with Crippen LogP contribution in [0.2, 0.25) is 0 Å². The van der Waals surface area contributed by atoms with Gasteiger partial charge in [0, 0.05) is 19.3 Å². The van der Waals surface area contributed by atoms with Crippen molar-refractivity contribution in [3.05, 3.63) is 0 Å². The monoisotopic (exact) mass is 324 g/mol. The summed E-state index contributed by atoms with van der Waals surface area (Å²) in [7, 11) is 0. The Morgan fingerprint density at radius 2 is 1.30 bits per heavy atom. The van der Waals surface area contributed by atoms with Crippen LogP contribution in [0.15, 0.2) is 0 Å². The second kappa shape index (κ2) is 17.7. The van der Waals surface area contributed by atoms with Crippen LogP contribution in [0, 0.1) is 5.92 Å². The van der Waals surface area contributed by atoms with Crippen molar-refractivity contribution in [3.63, 3.8) is 0 Å². The lowest BCUT2D eigenvalue weighted by Gasteiger charge is -2.13. The van der Waals surface area contributed by atoms with Gasteiger partial charge in [0.05, 0.1) is 0 Å². The van der Waals surface area contributed by atoms with Gasteiger partial charge < -0.3 is 4.79 Å². The number of unbranched alkanes of at least 4 members (excludes halogenated alkanes) is 10. The molecule has 2 nitrogen and oxygen atoms in total. The molecular weight excluding hydrogens is 284 g/mol. The first-order valence-electron chi connectivity index (χ1n) is 10.2. The van der Waals surface area contributed by atoms with E-state index >= 15 is 0 Å². The molecule has 23 heavy (non-hydrogen) atoms. The lowest BCUT2D eigenvalue weighted by Crippen LogP contribution is -2.09. The van der Waals surface area contributed by atoms with Crippen LogP contribution in [0.1, 0.15) is 117 Å². The topological polar surface area (TPSA) is 34.1 Å². The zero-order chi connectivity index (χ0) is 17.2. The SMILES string of the molecule is CCCCCCCCCCC(CC=O)CC(=O)CCCCCC. The minimum absolute atomic E-state index is 0.297. The standard InChI is InChI=1S/C21H40O2/c1-3-5-7-9-10-11-12-13-15-20(17-18-22)19-21(23)16-14-8-6-4-2/h18,20H,3-17,19H2,1-2H3. The molecule has 0 fully saturated rings. The van der Waals surface area contributed by atoms with Crippen LogP contribution in [0.25, 0.3) is 0 Å². The minimum Gasteiger partial charge on any atom is -0.303 e. The number of rotatable bonds is 18. The Morgan fingerprint density at radius 1 is 0.783 bits per heavy atom. The molecule has 2 heteroatoms. The average Bonchev–Trinajstić information content (AvgIpc) is 2.54. The number of hydrogen-bond donors (Lipinski definition) is 0. The number of aldehydes is 1. The van der Waals surface area contributed by atoms with Crippen molar-refractivity contribution in [3.8, 4) is 0 Å². The van der Waals surface area contributed by atoms with E-state index in [1.165, 1.54) is 70.6 Å². The fourth-order valence-corrected chi connectivity index (χ4v) is 3.18.